The van der Waals surface area contributed by atoms with Crippen LogP contribution in [0.4, 0.5) is 0 Å². The van der Waals surface area contributed by atoms with E-state index in [4.69, 9.17) is 9.47 Å². The summed E-state index contributed by atoms with van der Waals surface area (Å²) in [5.74, 6) is 0.527. The summed E-state index contributed by atoms with van der Waals surface area (Å²) in [5, 5.41) is 0. The molecule has 0 spiro atoms. The molecule has 0 N–H and O–H groups in total. The van der Waals surface area contributed by atoms with Crippen LogP contribution in [0.5, 0.6) is 5.75 Å². The number of esters is 1. The van der Waals surface area contributed by atoms with E-state index in [1.165, 1.54) is 0 Å². The number of hydrogen-bond donors (Lipinski definition) is 0. The minimum Gasteiger partial charge on any atom is -0.496 e. The van der Waals surface area contributed by atoms with Crippen LogP contribution in [-0.4, -0.2) is 19.7 Å². The molecule has 3 heteroatoms. The second kappa shape index (κ2) is 7.64. The fraction of sp³-hybridized carbons (Fsp3) is 0.316. The van der Waals surface area contributed by atoms with Crippen molar-refractivity contribution in [2.24, 2.45) is 0 Å². The lowest BCUT2D eigenvalue weighted by Gasteiger charge is -2.20. The zero-order valence-electron chi connectivity index (χ0n) is 13.3. The maximum absolute atomic E-state index is 12.0. The zero-order chi connectivity index (χ0) is 15.9. The molecule has 0 radical (unpaired) electrons. The quantitative estimate of drug-likeness (QED) is 0.754. The Morgan fingerprint density at radius 1 is 1.14 bits per heavy atom. The van der Waals surface area contributed by atoms with Crippen LogP contribution in [0.1, 0.15) is 36.0 Å². The smallest absolute Gasteiger partial charge is 0.306 e. The van der Waals surface area contributed by atoms with Crippen molar-refractivity contribution in [3.63, 3.8) is 0 Å². The summed E-state index contributed by atoms with van der Waals surface area (Å²) in [7, 11) is 1.65. The van der Waals surface area contributed by atoms with Crippen molar-refractivity contribution >= 4 is 5.97 Å². The first-order valence-corrected chi connectivity index (χ1v) is 7.50. The summed E-state index contributed by atoms with van der Waals surface area (Å²) in [5.41, 5.74) is 3.24. The number of carbonyl (C=O) groups is 1. The molecule has 0 aliphatic rings. The van der Waals surface area contributed by atoms with E-state index in [0.29, 0.717) is 13.0 Å². The van der Waals surface area contributed by atoms with Gasteiger partial charge in [0.25, 0.3) is 0 Å². The Labute approximate surface area is 131 Å². The van der Waals surface area contributed by atoms with Crippen LogP contribution in [0.15, 0.2) is 48.5 Å². The Bertz CT molecular complexity index is 620. The number of benzene rings is 2. The Kier molecular flexibility index (Phi) is 5.59. The minimum absolute atomic E-state index is 0.0740. The number of ether oxygens (including phenoxy) is 2. The van der Waals surface area contributed by atoms with E-state index in [1.807, 2.05) is 56.3 Å². The van der Waals surface area contributed by atoms with Gasteiger partial charge in [-0.3, -0.25) is 4.79 Å². The molecule has 1 atom stereocenters. The average Bonchev–Trinajstić information content (AvgIpc) is 2.53. The fourth-order valence-electron chi connectivity index (χ4n) is 2.61. The second-order valence-corrected chi connectivity index (χ2v) is 5.22. The first-order valence-electron chi connectivity index (χ1n) is 7.50. The van der Waals surface area contributed by atoms with Gasteiger partial charge in [-0.25, -0.2) is 0 Å². The maximum atomic E-state index is 12.0. The Balaban J connectivity index is 2.44. The summed E-state index contributed by atoms with van der Waals surface area (Å²) < 4.78 is 10.6. The van der Waals surface area contributed by atoms with Crippen LogP contribution < -0.4 is 4.74 Å². The van der Waals surface area contributed by atoms with Crippen molar-refractivity contribution in [2.75, 3.05) is 13.7 Å². The van der Waals surface area contributed by atoms with Gasteiger partial charge in [0.2, 0.25) is 0 Å². The summed E-state index contributed by atoms with van der Waals surface area (Å²) in [6.07, 6.45) is 0.303. The molecule has 0 aliphatic carbocycles. The van der Waals surface area contributed by atoms with Crippen LogP contribution in [0, 0.1) is 6.92 Å². The molecule has 2 aromatic rings. The molecule has 22 heavy (non-hydrogen) atoms. The largest absolute Gasteiger partial charge is 0.496 e. The molecule has 0 fully saturated rings. The highest BCUT2D eigenvalue weighted by molar-refractivity contribution is 5.72. The van der Waals surface area contributed by atoms with Gasteiger partial charge in [-0.05, 0) is 25.5 Å². The molecular weight excluding hydrogens is 276 g/mol. The van der Waals surface area contributed by atoms with Gasteiger partial charge in [-0.15, -0.1) is 0 Å². The van der Waals surface area contributed by atoms with Gasteiger partial charge >= 0.3 is 5.97 Å². The molecule has 0 saturated heterocycles. The van der Waals surface area contributed by atoms with E-state index in [9.17, 15) is 4.79 Å². The molecule has 0 aliphatic heterocycles. The molecule has 3 nitrogen and oxygen atoms in total. The van der Waals surface area contributed by atoms with Crippen molar-refractivity contribution in [1.29, 1.82) is 0 Å². The maximum Gasteiger partial charge on any atom is 0.306 e. The monoisotopic (exact) mass is 298 g/mol. The van der Waals surface area contributed by atoms with Crippen LogP contribution in [0.3, 0.4) is 0 Å². The van der Waals surface area contributed by atoms with Crippen LogP contribution in [0.2, 0.25) is 0 Å². The zero-order valence-corrected chi connectivity index (χ0v) is 13.3. The van der Waals surface area contributed by atoms with E-state index in [0.717, 1.165) is 22.4 Å². The first-order chi connectivity index (χ1) is 10.7. The van der Waals surface area contributed by atoms with Crippen molar-refractivity contribution in [2.45, 2.75) is 26.2 Å². The van der Waals surface area contributed by atoms with Crippen LogP contribution in [-0.2, 0) is 9.53 Å². The van der Waals surface area contributed by atoms with E-state index < -0.39 is 0 Å². The molecular formula is C19H22O3. The van der Waals surface area contributed by atoms with Gasteiger partial charge in [-0.1, -0.05) is 48.0 Å². The molecule has 0 bridgehead atoms. The predicted molar refractivity (Wildman–Crippen MR) is 87.3 cm³/mol. The normalized spacial score (nSPS) is 11.8. The van der Waals surface area contributed by atoms with Gasteiger partial charge in [0.15, 0.2) is 0 Å². The number of carbonyl (C=O) groups excluding carboxylic acids is 1. The topological polar surface area (TPSA) is 35.5 Å². The summed E-state index contributed by atoms with van der Waals surface area (Å²) >= 11 is 0. The molecule has 116 valence electrons. The van der Waals surface area contributed by atoms with E-state index in [1.54, 1.807) is 7.11 Å². The van der Waals surface area contributed by atoms with E-state index >= 15 is 0 Å². The highest BCUT2D eigenvalue weighted by Gasteiger charge is 2.22. The van der Waals surface area contributed by atoms with E-state index in [-0.39, 0.29) is 11.9 Å². The molecule has 0 aromatic heterocycles. The van der Waals surface area contributed by atoms with Crippen molar-refractivity contribution in [3.05, 3.63) is 65.2 Å². The highest BCUT2D eigenvalue weighted by atomic mass is 16.5. The lowest BCUT2D eigenvalue weighted by atomic mass is 9.87. The summed E-state index contributed by atoms with van der Waals surface area (Å²) in [4.78, 5) is 12.0. The summed E-state index contributed by atoms with van der Waals surface area (Å²) in [6.45, 7) is 4.25. The third-order valence-corrected chi connectivity index (χ3v) is 3.64. The number of rotatable bonds is 6. The molecule has 0 heterocycles. The predicted octanol–water partition coefficient (Wildman–Crippen LogP) is 4.09. The molecule has 2 aromatic carbocycles. The van der Waals surface area contributed by atoms with Gasteiger partial charge in [0.1, 0.15) is 5.75 Å². The molecule has 0 saturated carbocycles. The fourth-order valence-corrected chi connectivity index (χ4v) is 2.61. The Morgan fingerprint density at radius 3 is 2.50 bits per heavy atom. The van der Waals surface area contributed by atoms with Gasteiger partial charge in [-0.2, -0.15) is 0 Å². The van der Waals surface area contributed by atoms with Crippen molar-refractivity contribution in [3.8, 4) is 5.75 Å². The lowest BCUT2D eigenvalue weighted by molar-refractivity contribution is -0.143. The molecule has 1 unspecified atom stereocenters. The van der Waals surface area contributed by atoms with E-state index in [2.05, 4.69) is 6.07 Å². The average molecular weight is 298 g/mol. The lowest BCUT2D eigenvalue weighted by Crippen LogP contribution is -2.12. The first kappa shape index (κ1) is 16.1. The third kappa shape index (κ3) is 3.88. The Hall–Kier alpha value is -2.29. The number of aryl methyl sites for hydroxylation is 1. The Morgan fingerprint density at radius 2 is 1.86 bits per heavy atom. The second-order valence-electron chi connectivity index (χ2n) is 5.22. The van der Waals surface area contributed by atoms with Gasteiger partial charge < -0.3 is 9.47 Å². The SMILES string of the molecule is CCOC(=O)CC(c1ccccc1)c1cc(C)ccc1OC. The molecule has 2 rings (SSSR count). The van der Waals surface area contributed by atoms with Crippen molar-refractivity contribution < 1.29 is 14.3 Å². The highest BCUT2D eigenvalue weighted by Crippen LogP contribution is 2.35. The molecule has 0 amide bonds. The summed E-state index contributed by atoms with van der Waals surface area (Å²) in [6, 6.07) is 16.0. The van der Waals surface area contributed by atoms with Gasteiger partial charge in [0, 0.05) is 11.5 Å². The van der Waals surface area contributed by atoms with Crippen LogP contribution >= 0.6 is 0 Å². The number of hydrogen-bond acceptors (Lipinski definition) is 3. The van der Waals surface area contributed by atoms with Crippen molar-refractivity contribution in [1.82, 2.24) is 0 Å². The minimum atomic E-state index is -0.195. The third-order valence-electron chi connectivity index (χ3n) is 3.64. The van der Waals surface area contributed by atoms with Crippen LogP contribution in [0.25, 0.3) is 0 Å². The standard InChI is InChI=1S/C19H22O3/c1-4-22-19(20)13-16(15-8-6-5-7-9-15)17-12-14(2)10-11-18(17)21-3/h5-12,16H,4,13H2,1-3H3. The number of methoxy groups -OCH3 is 1. The van der Waals surface area contributed by atoms with Gasteiger partial charge in [0.05, 0.1) is 20.1 Å².